The van der Waals surface area contributed by atoms with Crippen LogP contribution in [0.15, 0.2) is 12.4 Å². The zero-order valence-corrected chi connectivity index (χ0v) is 14.6. The second-order valence-corrected chi connectivity index (χ2v) is 7.29. The first-order valence-electron chi connectivity index (χ1n) is 6.88. The molecule has 0 atom stereocenters. The Morgan fingerprint density at radius 1 is 1.33 bits per heavy atom. The van der Waals surface area contributed by atoms with Crippen LogP contribution in [0.2, 0.25) is 0 Å². The molecule has 1 aromatic heterocycles. The van der Waals surface area contributed by atoms with Crippen molar-refractivity contribution >= 4 is 28.7 Å². The van der Waals surface area contributed by atoms with Crippen molar-refractivity contribution in [1.29, 1.82) is 0 Å². The maximum atomic E-state index is 12.1. The summed E-state index contributed by atoms with van der Waals surface area (Å²) in [4.78, 5) is 20.9. The number of rotatable bonds is 2. The Kier molecular flexibility index (Phi) is 5.03. The number of carbonyl (C=O) groups is 1. The van der Waals surface area contributed by atoms with E-state index in [4.69, 9.17) is 9.47 Å². The zero-order valence-electron chi connectivity index (χ0n) is 12.5. The van der Waals surface area contributed by atoms with Crippen LogP contribution in [0, 0.1) is 3.57 Å². The third kappa shape index (κ3) is 4.50. The third-order valence-electron chi connectivity index (χ3n) is 3.13. The van der Waals surface area contributed by atoms with Gasteiger partial charge >= 0.3 is 6.09 Å². The van der Waals surface area contributed by atoms with Crippen molar-refractivity contribution in [1.82, 2.24) is 15.3 Å². The van der Waals surface area contributed by atoms with Gasteiger partial charge in [-0.2, -0.15) is 0 Å². The quantitative estimate of drug-likeness (QED) is 0.766. The van der Waals surface area contributed by atoms with Crippen LogP contribution in [0.25, 0.3) is 0 Å². The molecule has 0 aromatic carbocycles. The minimum Gasteiger partial charge on any atom is -0.444 e. The number of halogens is 1. The molecule has 2 heterocycles. The molecule has 0 radical (unpaired) electrons. The van der Waals surface area contributed by atoms with Crippen LogP contribution in [0.3, 0.4) is 0 Å². The summed E-state index contributed by atoms with van der Waals surface area (Å²) < 4.78 is 11.7. The third-order valence-corrected chi connectivity index (χ3v) is 3.69. The Labute approximate surface area is 138 Å². The van der Waals surface area contributed by atoms with E-state index >= 15 is 0 Å². The summed E-state index contributed by atoms with van der Waals surface area (Å²) in [6.45, 7) is 6.64. The van der Waals surface area contributed by atoms with Gasteiger partial charge in [0.25, 0.3) is 0 Å². The summed E-state index contributed by atoms with van der Waals surface area (Å²) in [5.74, 6) is 0.608. The van der Waals surface area contributed by atoms with Crippen molar-refractivity contribution in [3.05, 3.63) is 21.8 Å². The van der Waals surface area contributed by atoms with Gasteiger partial charge in [0.05, 0.1) is 0 Å². The molecule has 1 aliphatic heterocycles. The Morgan fingerprint density at radius 3 is 2.43 bits per heavy atom. The number of amides is 1. The standard InChI is InChI=1S/C14H20IN3O3/c1-13(2,3)21-12(19)18-14(4-6-20-7-5-14)11-16-8-10(15)9-17-11/h8-9H,4-7H2,1-3H3,(H,18,19). The molecule has 1 amide bonds. The van der Waals surface area contributed by atoms with Crippen LogP contribution in [0.4, 0.5) is 4.79 Å². The number of ether oxygens (including phenoxy) is 2. The smallest absolute Gasteiger partial charge is 0.408 e. The lowest BCUT2D eigenvalue weighted by atomic mass is 9.89. The van der Waals surface area contributed by atoms with Crippen LogP contribution in [-0.2, 0) is 15.0 Å². The van der Waals surface area contributed by atoms with E-state index in [2.05, 4.69) is 37.9 Å². The molecule has 0 aliphatic carbocycles. The normalized spacial score (nSPS) is 18.1. The first-order valence-corrected chi connectivity index (χ1v) is 7.96. The average Bonchev–Trinajstić information content (AvgIpc) is 2.38. The molecule has 116 valence electrons. The predicted octanol–water partition coefficient (Wildman–Crippen LogP) is 2.61. The zero-order chi connectivity index (χ0) is 15.5. The van der Waals surface area contributed by atoms with Gasteiger partial charge in [0.1, 0.15) is 11.1 Å². The number of carbonyl (C=O) groups excluding carboxylic acids is 1. The molecule has 7 heteroatoms. The average molecular weight is 405 g/mol. The highest BCUT2D eigenvalue weighted by molar-refractivity contribution is 14.1. The van der Waals surface area contributed by atoms with Crippen LogP contribution in [0.1, 0.15) is 39.4 Å². The van der Waals surface area contributed by atoms with Gasteiger partial charge in [0.2, 0.25) is 0 Å². The number of aromatic nitrogens is 2. The van der Waals surface area contributed by atoms with Crippen molar-refractivity contribution in [3.8, 4) is 0 Å². The highest BCUT2D eigenvalue weighted by Crippen LogP contribution is 2.30. The summed E-state index contributed by atoms with van der Waals surface area (Å²) in [6, 6.07) is 0. The molecule has 6 nitrogen and oxygen atoms in total. The number of nitrogens with zero attached hydrogens (tertiary/aromatic N) is 2. The summed E-state index contributed by atoms with van der Waals surface area (Å²) in [5, 5.41) is 2.96. The second-order valence-electron chi connectivity index (χ2n) is 6.05. The SMILES string of the molecule is CC(C)(C)OC(=O)NC1(c2ncc(I)cn2)CCOCC1. The highest BCUT2D eigenvalue weighted by Gasteiger charge is 2.39. The van der Waals surface area contributed by atoms with Gasteiger partial charge in [-0.3, -0.25) is 0 Å². The van der Waals surface area contributed by atoms with E-state index in [0.717, 1.165) is 3.57 Å². The van der Waals surface area contributed by atoms with Crippen molar-refractivity contribution in [2.75, 3.05) is 13.2 Å². The molecule has 2 rings (SSSR count). The van der Waals surface area contributed by atoms with Gasteiger partial charge in [-0.25, -0.2) is 14.8 Å². The summed E-state index contributed by atoms with van der Waals surface area (Å²) in [6.07, 6.45) is 4.31. The minimum atomic E-state index is -0.620. The molecule has 1 fully saturated rings. The summed E-state index contributed by atoms with van der Waals surface area (Å²) in [5.41, 5.74) is -1.16. The molecular formula is C14H20IN3O3. The van der Waals surface area contributed by atoms with Gasteiger partial charge in [-0.1, -0.05) is 0 Å². The van der Waals surface area contributed by atoms with E-state index in [1.165, 1.54) is 0 Å². The Hall–Kier alpha value is -0.960. The van der Waals surface area contributed by atoms with Gasteiger partial charge in [-0.05, 0) is 43.4 Å². The van der Waals surface area contributed by atoms with E-state index in [9.17, 15) is 4.79 Å². The van der Waals surface area contributed by atoms with E-state index in [-0.39, 0.29) is 0 Å². The number of alkyl carbamates (subject to hydrolysis) is 1. The predicted molar refractivity (Wildman–Crippen MR) is 85.8 cm³/mol. The van der Waals surface area contributed by atoms with Crippen LogP contribution < -0.4 is 5.32 Å². The number of hydrogen-bond donors (Lipinski definition) is 1. The molecule has 0 spiro atoms. The Morgan fingerprint density at radius 2 is 1.90 bits per heavy atom. The molecule has 0 unspecified atom stereocenters. The highest BCUT2D eigenvalue weighted by atomic mass is 127. The molecule has 1 aromatic rings. The fourth-order valence-corrected chi connectivity index (χ4v) is 2.46. The monoisotopic (exact) mass is 405 g/mol. The van der Waals surface area contributed by atoms with Crippen LogP contribution >= 0.6 is 22.6 Å². The van der Waals surface area contributed by atoms with Gasteiger partial charge in [-0.15, -0.1) is 0 Å². The van der Waals surface area contributed by atoms with Gasteiger partial charge < -0.3 is 14.8 Å². The number of nitrogens with one attached hydrogen (secondary N) is 1. The van der Waals surface area contributed by atoms with E-state index in [0.29, 0.717) is 31.9 Å². The number of hydrogen-bond acceptors (Lipinski definition) is 5. The second kappa shape index (κ2) is 6.43. The van der Waals surface area contributed by atoms with E-state index in [1.807, 2.05) is 20.8 Å². The first-order chi connectivity index (χ1) is 9.81. The first kappa shape index (κ1) is 16.4. The molecular weight excluding hydrogens is 385 g/mol. The maximum absolute atomic E-state index is 12.1. The van der Waals surface area contributed by atoms with Crippen molar-refractivity contribution < 1.29 is 14.3 Å². The molecule has 1 N–H and O–H groups in total. The van der Waals surface area contributed by atoms with Crippen LogP contribution in [-0.4, -0.2) is 34.9 Å². The fourth-order valence-electron chi connectivity index (χ4n) is 2.18. The maximum Gasteiger partial charge on any atom is 0.408 e. The van der Waals surface area contributed by atoms with E-state index in [1.54, 1.807) is 12.4 Å². The largest absolute Gasteiger partial charge is 0.444 e. The lowest BCUT2D eigenvalue weighted by molar-refractivity contribution is 0.0132. The summed E-state index contributed by atoms with van der Waals surface area (Å²) >= 11 is 2.15. The summed E-state index contributed by atoms with van der Waals surface area (Å²) in [7, 11) is 0. The van der Waals surface area contributed by atoms with E-state index < -0.39 is 17.2 Å². The van der Waals surface area contributed by atoms with Gasteiger partial charge in [0.15, 0.2) is 5.82 Å². The molecule has 1 saturated heterocycles. The topological polar surface area (TPSA) is 73.3 Å². The molecule has 0 bridgehead atoms. The fraction of sp³-hybridized carbons (Fsp3) is 0.643. The van der Waals surface area contributed by atoms with Crippen molar-refractivity contribution in [2.24, 2.45) is 0 Å². The van der Waals surface area contributed by atoms with Crippen LogP contribution in [0.5, 0.6) is 0 Å². The lowest BCUT2D eigenvalue weighted by Gasteiger charge is -2.36. The van der Waals surface area contributed by atoms with Gasteiger partial charge in [0, 0.05) is 42.0 Å². The lowest BCUT2D eigenvalue weighted by Crippen LogP contribution is -2.51. The van der Waals surface area contributed by atoms with Crippen molar-refractivity contribution in [3.63, 3.8) is 0 Å². The Balaban J connectivity index is 2.21. The Bertz CT molecular complexity index is 493. The van der Waals surface area contributed by atoms with Crippen molar-refractivity contribution in [2.45, 2.75) is 44.8 Å². The molecule has 21 heavy (non-hydrogen) atoms. The molecule has 1 aliphatic rings. The minimum absolute atomic E-state index is 0.452. The molecule has 0 saturated carbocycles.